The van der Waals surface area contributed by atoms with Crippen LogP contribution in [0.4, 0.5) is 15.8 Å². The minimum absolute atomic E-state index is 0.0370. The Morgan fingerprint density at radius 2 is 1.81 bits per heavy atom. The molecule has 37 heavy (non-hydrogen) atoms. The van der Waals surface area contributed by atoms with Gasteiger partial charge in [0.2, 0.25) is 11.8 Å². The Kier molecular flexibility index (Phi) is 9.88. The number of nitrogens with zero attached hydrogens (tertiary/aromatic N) is 1. The molecule has 192 valence electrons. The molecule has 0 aliphatic heterocycles. The normalized spacial score (nSPS) is 10.6. The molecule has 0 bridgehead atoms. The van der Waals surface area contributed by atoms with Gasteiger partial charge in [-0.1, -0.05) is 29.3 Å². The third-order valence-electron chi connectivity index (χ3n) is 4.75. The summed E-state index contributed by atoms with van der Waals surface area (Å²) in [6.45, 7) is 0. The quantitative estimate of drug-likeness (QED) is 0.262. The molecule has 0 unspecified atom stereocenters. The number of thiol groups is 1. The van der Waals surface area contributed by atoms with Gasteiger partial charge >= 0.3 is 0 Å². The maximum Gasteiger partial charge on any atom is 0.228 e. The van der Waals surface area contributed by atoms with E-state index in [1.54, 1.807) is 0 Å². The second-order valence-corrected chi connectivity index (χ2v) is 10.3. The average Bonchev–Trinajstić information content (AvgIpc) is 2.83. The highest BCUT2D eigenvalue weighted by molar-refractivity contribution is 9.10. The molecule has 0 fully saturated rings. The Balaban J connectivity index is 1.70. The number of benzene rings is 3. The summed E-state index contributed by atoms with van der Waals surface area (Å²) in [6, 6.07) is 13.4. The Bertz CT molecular complexity index is 1490. The van der Waals surface area contributed by atoms with Gasteiger partial charge in [-0.25, -0.2) is 12.8 Å². The summed E-state index contributed by atoms with van der Waals surface area (Å²) in [5, 5.41) is 14.5. The van der Waals surface area contributed by atoms with Crippen LogP contribution < -0.4 is 15.4 Å². The van der Waals surface area contributed by atoms with E-state index < -0.39 is 28.3 Å². The van der Waals surface area contributed by atoms with E-state index in [0.717, 1.165) is 0 Å². The lowest BCUT2D eigenvalue weighted by molar-refractivity contribution is -0.116. The maximum atomic E-state index is 15.2. The zero-order valence-corrected chi connectivity index (χ0v) is 22.7. The molecule has 0 saturated heterocycles. The number of nitriles is 1. The van der Waals surface area contributed by atoms with E-state index in [-0.39, 0.29) is 61.4 Å². The predicted molar refractivity (Wildman–Crippen MR) is 143 cm³/mol. The first-order chi connectivity index (χ1) is 17.5. The smallest absolute Gasteiger partial charge is 0.228 e. The van der Waals surface area contributed by atoms with E-state index in [2.05, 4.69) is 26.6 Å². The van der Waals surface area contributed by atoms with Crippen molar-refractivity contribution < 1.29 is 27.1 Å². The number of hydrogen-bond donors (Lipinski definition) is 3. The molecule has 3 rings (SSSR count). The summed E-state index contributed by atoms with van der Waals surface area (Å²) in [5.74, 6) is -2.17. The van der Waals surface area contributed by atoms with Crippen molar-refractivity contribution in [3.63, 3.8) is 0 Å². The van der Waals surface area contributed by atoms with Crippen LogP contribution in [-0.4, -0.2) is 26.0 Å². The van der Waals surface area contributed by atoms with Crippen molar-refractivity contribution in [3.05, 3.63) is 80.0 Å². The van der Waals surface area contributed by atoms with Crippen LogP contribution in [0.25, 0.3) is 0 Å². The predicted octanol–water partition coefficient (Wildman–Crippen LogP) is 5.68. The standard InChI is InChI=1S/C24H17BrCl2FN3O5S/c25-18-3-1-14(23(28)24(18)36-17-8-13(12-29)7-15(26)10-17)9-22(33)31-20-4-2-16(11-19(20)27)30-21(32)5-6-37(34)35/h1-4,7-8,10-11,37H,5-6,9H2,(H,30,32)(H,31,33). The molecule has 0 radical (unpaired) electrons. The third-order valence-corrected chi connectivity index (χ3v) is 6.49. The molecular formula is C24H17BrCl2FN3O5S. The third kappa shape index (κ3) is 8.16. The minimum Gasteiger partial charge on any atom is -0.453 e. The molecule has 3 aromatic rings. The number of carbonyl (C=O) groups is 2. The SMILES string of the molecule is N#Cc1cc(Cl)cc(Oc2c(Br)ccc(CC(=O)Nc3ccc(NC(=O)CC[SH](=O)=O)cc3Cl)c2F)c1. The van der Waals surface area contributed by atoms with Crippen molar-refractivity contribution in [1.29, 1.82) is 5.26 Å². The fourth-order valence-electron chi connectivity index (χ4n) is 3.09. The molecule has 0 aromatic heterocycles. The lowest BCUT2D eigenvalue weighted by Crippen LogP contribution is -2.16. The number of hydrogen-bond acceptors (Lipinski definition) is 6. The van der Waals surface area contributed by atoms with Gasteiger partial charge in [-0.2, -0.15) is 5.26 Å². The summed E-state index contributed by atoms with van der Waals surface area (Å²) >= 11 is 15.4. The van der Waals surface area contributed by atoms with Crippen molar-refractivity contribution in [3.8, 4) is 17.6 Å². The topological polar surface area (TPSA) is 125 Å². The van der Waals surface area contributed by atoms with Crippen LogP contribution in [0.3, 0.4) is 0 Å². The van der Waals surface area contributed by atoms with Gasteiger partial charge in [0.25, 0.3) is 0 Å². The fourth-order valence-corrected chi connectivity index (χ4v) is 4.31. The summed E-state index contributed by atoms with van der Waals surface area (Å²) < 4.78 is 42.4. The number of nitrogens with one attached hydrogen (secondary N) is 2. The fraction of sp³-hybridized carbons (Fsp3) is 0.125. The van der Waals surface area contributed by atoms with E-state index in [4.69, 9.17) is 33.2 Å². The van der Waals surface area contributed by atoms with Crippen LogP contribution >= 0.6 is 39.1 Å². The van der Waals surface area contributed by atoms with Crippen LogP contribution in [0, 0.1) is 17.1 Å². The average molecular weight is 629 g/mol. The molecule has 0 atom stereocenters. The minimum atomic E-state index is -2.66. The van der Waals surface area contributed by atoms with Crippen LogP contribution in [0.2, 0.25) is 10.0 Å². The van der Waals surface area contributed by atoms with Gasteiger partial charge in [-0.15, -0.1) is 0 Å². The van der Waals surface area contributed by atoms with Crippen molar-refractivity contribution in [2.75, 3.05) is 16.4 Å². The van der Waals surface area contributed by atoms with E-state index in [9.17, 15) is 18.0 Å². The van der Waals surface area contributed by atoms with Crippen molar-refractivity contribution in [1.82, 2.24) is 0 Å². The van der Waals surface area contributed by atoms with Gasteiger partial charge in [-0.3, -0.25) is 9.59 Å². The van der Waals surface area contributed by atoms with Crippen LogP contribution in [0.15, 0.2) is 53.0 Å². The van der Waals surface area contributed by atoms with Gasteiger partial charge < -0.3 is 15.4 Å². The first-order valence-electron chi connectivity index (χ1n) is 10.4. The van der Waals surface area contributed by atoms with E-state index >= 15 is 4.39 Å². The number of ether oxygens (including phenoxy) is 1. The van der Waals surface area contributed by atoms with Crippen molar-refractivity contribution in [2.24, 2.45) is 0 Å². The summed E-state index contributed by atoms with van der Waals surface area (Å²) in [4.78, 5) is 24.4. The van der Waals surface area contributed by atoms with E-state index in [1.807, 2.05) is 6.07 Å². The maximum absolute atomic E-state index is 15.2. The lowest BCUT2D eigenvalue weighted by atomic mass is 10.1. The largest absolute Gasteiger partial charge is 0.453 e. The highest BCUT2D eigenvalue weighted by Crippen LogP contribution is 2.36. The monoisotopic (exact) mass is 627 g/mol. The van der Waals surface area contributed by atoms with E-state index in [0.29, 0.717) is 5.69 Å². The Morgan fingerprint density at radius 1 is 1.05 bits per heavy atom. The Hall–Kier alpha value is -3.17. The lowest BCUT2D eigenvalue weighted by Gasteiger charge is -2.13. The highest BCUT2D eigenvalue weighted by Gasteiger charge is 2.18. The first-order valence-corrected chi connectivity index (χ1v) is 13.3. The highest BCUT2D eigenvalue weighted by atomic mass is 79.9. The van der Waals surface area contributed by atoms with Crippen LogP contribution in [0.1, 0.15) is 17.5 Å². The zero-order chi connectivity index (χ0) is 27.1. The molecule has 13 heteroatoms. The number of amides is 2. The number of carbonyl (C=O) groups excluding carboxylic acids is 2. The summed E-state index contributed by atoms with van der Waals surface area (Å²) in [7, 11) is -2.66. The Morgan fingerprint density at radius 3 is 2.49 bits per heavy atom. The molecule has 0 aliphatic carbocycles. The molecule has 0 aliphatic rings. The molecular weight excluding hydrogens is 612 g/mol. The zero-order valence-electron chi connectivity index (χ0n) is 18.7. The number of anilines is 2. The molecule has 2 N–H and O–H groups in total. The van der Waals surface area contributed by atoms with Crippen molar-refractivity contribution >= 4 is 73.0 Å². The van der Waals surface area contributed by atoms with Gasteiger partial charge in [0.05, 0.1) is 39.0 Å². The molecule has 0 saturated carbocycles. The van der Waals surface area contributed by atoms with Gasteiger partial charge in [0.1, 0.15) is 16.5 Å². The molecule has 3 aromatic carbocycles. The number of rotatable bonds is 9. The van der Waals surface area contributed by atoms with E-state index in [1.165, 1.54) is 48.5 Å². The van der Waals surface area contributed by atoms with Gasteiger partial charge in [0, 0.05) is 22.7 Å². The summed E-state index contributed by atoms with van der Waals surface area (Å²) in [6.07, 6.45) is -0.549. The summed E-state index contributed by atoms with van der Waals surface area (Å²) in [5.41, 5.74) is 0.811. The second kappa shape index (κ2) is 12.9. The van der Waals surface area contributed by atoms with Crippen LogP contribution in [-0.2, 0) is 26.7 Å². The number of halogens is 4. The molecule has 8 nitrogen and oxygen atoms in total. The van der Waals surface area contributed by atoms with Gasteiger partial charge in [-0.05, 0) is 58.4 Å². The molecule has 0 spiro atoms. The van der Waals surface area contributed by atoms with Crippen LogP contribution in [0.5, 0.6) is 11.5 Å². The van der Waals surface area contributed by atoms with Gasteiger partial charge in [0.15, 0.2) is 11.6 Å². The first kappa shape index (κ1) is 28.4. The molecule has 0 heterocycles. The second-order valence-electron chi connectivity index (χ2n) is 7.51. The Labute approximate surface area is 231 Å². The molecule has 2 amide bonds. The van der Waals surface area contributed by atoms with Crippen molar-refractivity contribution in [2.45, 2.75) is 12.8 Å².